The lowest BCUT2D eigenvalue weighted by Crippen LogP contribution is -2.13. The van der Waals surface area contributed by atoms with Crippen molar-refractivity contribution in [2.75, 3.05) is 14.7 Å². The highest BCUT2D eigenvalue weighted by Gasteiger charge is 2.23. The third-order valence-corrected chi connectivity index (χ3v) is 11.8. The molecule has 0 aliphatic rings. The molecule has 9 aromatic carbocycles. The van der Waals surface area contributed by atoms with Gasteiger partial charge in [0.05, 0.1) is 10.4 Å². The molecular formula is C54H39N3S. The Morgan fingerprint density at radius 2 is 0.638 bits per heavy atom. The third-order valence-electron chi connectivity index (χ3n) is 10.6. The first kappa shape index (κ1) is 35.0. The molecule has 0 fully saturated rings. The van der Waals surface area contributed by atoms with Crippen LogP contribution in [-0.4, -0.2) is 0 Å². The van der Waals surface area contributed by atoms with Crippen molar-refractivity contribution in [1.82, 2.24) is 0 Å². The summed E-state index contributed by atoms with van der Waals surface area (Å²) in [5.41, 5.74) is 12.3. The average Bonchev–Trinajstić information content (AvgIpc) is 3.67. The van der Waals surface area contributed by atoms with Gasteiger partial charge in [-0.3, -0.25) is 0 Å². The zero-order valence-corrected chi connectivity index (χ0v) is 32.6. The highest BCUT2D eigenvalue weighted by atomic mass is 32.1. The minimum atomic E-state index is 1.08. The minimum Gasteiger partial charge on any atom is -0.310 e. The number of benzene rings is 9. The van der Waals surface area contributed by atoms with Gasteiger partial charge in [0, 0.05) is 61.0 Å². The van der Waals surface area contributed by atoms with Crippen molar-refractivity contribution in [2.45, 2.75) is 0 Å². The lowest BCUT2D eigenvalue weighted by Gasteiger charge is -2.30. The van der Waals surface area contributed by atoms with Crippen LogP contribution in [0.1, 0.15) is 0 Å². The Bertz CT molecular complexity index is 2840. The van der Waals surface area contributed by atoms with Crippen LogP contribution in [0.15, 0.2) is 237 Å². The molecule has 58 heavy (non-hydrogen) atoms. The standard InChI is InChI=1S/C54H39N3S/c1-7-19-40(20-8-1)41-31-33-47(34-32-41)56(44-25-13-4-14-26-44)49-37-51-50-36-35-48(55(42-21-9-2-10-22-42)43-23-11-3-12-24-43)39-53(50)58-54(51)52(38-49)57(45-27-15-5-16-28-45)46-29-17-6-18-30-46/h1-39H. The molecule has 0 aliphatic carbocycles. The van der Waals surface area contributed by atoms with E-state index in [0.29, 0.717) is 0 Å². The second kappa shape index (κ2) is 15.6. The van der Waals surface area contributed by atoms with E-state index in [1.54, 1.807) is 0 Å². The van der Waals surface area contributed by atoms with Gasteiger partial charge in [0.15, 0.2) is 0 Å². The van der Waals surface area contributed by atoms with E-state index in [2.05, 4.69) is 251 Å². The Morgan fingerprint density at radius 3 is 1.12 bits per heavy atom. The Balaban J connectivity index is 1.22. The van der Waals surface area contributed by atoms with Gasteiger partial charge in [-0.25, -0.2) is 0 Å². The molecule has 4 heteroatoms. The molecule has 0 atom stereocenters. The van der Waals surface area contributed by atoms with Crippen molar-refractivity contribution >= 4 is 82.7 Å². The molecule has 0 amide bonds. The monoisotopic (exact) mass is 761 g/mol. The van der Waals surface area contributed by atoms with Gasteiger partial charge in [-0.2, -0.15) is 0 Å². The van der Waals surface area contributed by atoms with Crippen LogP contribution >= 0.6 is 11.3 Å². The lowest BCUT2D eigenvalue weighted by molar-refractivity contribution is 1.26. The smallest absolute Gasteiger partial charge is 0.0661 e. The first-order valence-corrected chi connectivity index (χ1v) is 20.4. The number of hydrogen-bond acceptors (Lipinski definition) is 4. The van der Waals surface area contributed by atoms with Crippen LogP contribution in [-0.2, 0) is 0 Å². The summed E-state index contributed by atoms with van der Waals surface area (Å²) in [7, 11) is 0. The lowest BCUT2D eigenvalue weighted by atomic mass is 10.0. The van der Waals surface area contributed by atoms with Crippen molar-refractivity contribution < 1.29 is 0 Å². The minimum absolute atomic E-state index is 1.08. The molecule has 0 saturated carbocycles. The molecule has 0 N–H and O–H groups in total. The van der Waals surface area contributed by atoms with Crippen molar-refractivity contribution in [3.05, 3.63) is 237 Å². The number of para-hydroxylation sites is 5. The van der Waals surface area contributed by atoms with E-state index >= 15 is 0 Å². The van der Waals surface area contributed by atoms with Crippen LogP contribution in [0.25, 0.3) is 31.3 Å². The Hall–Kier alpha value is -7.40. The average molecular weight is 762 g/mol. The molecule has 0 unspecified atom stereocenters. The zero-order valence-electron chi connectivity index (χ0n) is 31.8. The maximum absolute atomic E-state index is 2.41. The van der Waals surface area contributed by atoms with E-state index in [4.69, 9.17) is 0 Å². The third kappa shape index (κ3) is 6.76. The van der Waals surface area contributed by atoms with E-state index in [-0.39, 0.29) is 0 Å². The fourth-order valence-electron chi connectivity index (χ4n) is 7.91. The van der Waals surface area contributed by atoms with Crippen molar-refractivity contribution in [1.29, 1.82) is 0 Å². The van der Waals surface area contributed by atoms with Gasteiger partial charge in [0.25, 0.3) is 0 Å². The molecular weight excluding hydrogens is 723 g/mol. The topological polar surface area (TPSA) is 9.72 Å². The quantitative estimate of drug-likeness (QED) is 0.137. The fraction of sp³-hybridized carbons (Fsp3) is 0. The number of hydrogen-bond donors (Lipinski definition) is 0. The predicted molar refractivity (Wildman–Crippen MR) is 249 cm³/mol. The number of rotatable bonds is 10. The molecule has 0 radical (unpaired) electrons. The van der Waals surface area contributed by atoms with Gasteiger partial charge in [0.1, 0.15) is 0 Å². The van der Waals surface area contributed by atoms with Crippen molar-refractivity contribution in [2.24, 2.45) is 0 Å². The van der Waals surface area contributed by atoms with E-state index in [0.717, 1.165) is 51.2 Å². The second-order valence-electron chi connectivity index (χ2n) is 14.2. The Kier molecular flexibility index (Phi) is 9.44. The van der Waals surface area contributed by atoms with Gasteiger partial charge in [-0.1, -0.05) is 140 Å². The summed E-state index contributed by atoms with van der Waals surface area (Å²) in [5, 5.41) is 2.44. The van der Waals surface area contributed by atoms with Gasteiger partial charge >= 0.3 is 0 Å². The van der Waals surface area contributed by atoms with Crippen molar-refractivity contribution in [3.8, 4) is 11.1 Å². The first-order chi connectivity index (χ1) is 28.8. The molecule has 10 aromatic rings. The molecule has 0 spiro atoms. The zero-order chi connectivity index (χ0) is 38.7. The van der Waals surface area contributed by atoms with Crippen LogP contribution < -0.4 is 14.7 Å². The molecule has 0 saturated heterocycles. The van der Waals surface area contributed by atoms with Gasteiger partial charge < -0.3 is 14.7 Å². The normalized spacial score (nSPS) is 11.1. The summed E-state index contributed by atoms with van der Waals surface area (Å²) >= 11 is 1.85. The van der Waals surface area contributed by atoms with Crippen LogP contribution in [0, 0.1) is 0 Å². The molecule has 0 aliphatic heterocycles. The van der Waals surface area contributed by atoms with Gasteiger partial charge in [-0.05, 0) is 108 Å². The van der Waals surface area contributed by atoms with Crippen molar-refractivity contribution in [3.63, 3.8) is 0 Å². The maximum atomic E-state index is 2.41. The van der Waals surface area contributed by atoms with E-state index in [1.807, 2.05) is 11.3 Å². The largest absolute Gasteiger partial charge is 0.310 e. The highest BCUT2D eigenvalue weighted by molar-refractivity contribution is 7.26. The molecule has 3 nitrogen and oxygen atoms in total. The SMILES string of the molecule is c1ccc(-c2ccc(N(c3ccccc3)c3cc(N(c4ccccc4)c4ccccc4)c4sc5cc(N(c6ccccc6)c6ccccc6)ccc5c4c3)cc2)cc1. The van der Waals surface area contributed by atoms with Crippen LogP contribution in [0.4, 0.5) is 51.2 Å². The number of anilines is 9. The van der Waals surface area contributed by atoms with E-state index in [1.165, 1.54) is 31.3 Å². The van der Waals surface area contributed by atoms with E-state index < -0.39 is 0 Å². The van der Waals surface area contributed by atoms with Crippen LogP contribution in [0.5, 0.6) is 0 Å². The van der Waals surface area contributed by atoms with Gasteiger partial charge in [0.2, 0.25) is 0 Å². The van der Waals surface area contributed by atoms with E-state index in [9.17, 15) is 0 Å². The Morgan fingerprint density at radius 1 is 0.259 bits per heavy atom. The first-order valence-electron chi connectivity index (χ1n) is 19.6. The summed E-state index contributed by atoms with van der Waals surface area (Å²) in [5.74, 6) is 0. The summed E-state index contributed by atoms with van der Waals surface area (Å²) in [4.78, 5) is 7.13. The second-order valence-corrected chi connectivity index (χ2v) is 15.3. The molecule has 0 bridgehead atoms. The highest BCUT2D eigenvalue weighted by Crippen LogP contribution is 2.50. The molecule has 1 aromatic heterocycles. The molecule has 10 rings (SSSR count). The molecule has 276 valence electrons. The summed E-state index contributed by atoms with van der Waals surface area (Å²) in [6, 6.07) is 84.6. The number of nitrogens with zero attached hydrogens (tertiary/aromatic N) is 3. The Labute approximate surface area is 343 Å². The van der Waals surface area contributed by atoms with Crippen LogP contribution in [0.2, 0.25) is 0 Å². The maximum Gasteiger partial charge on any atom is 0.0661 e. The molecule has 1 heterocycles. The number of fused-ring (bicyclic) bond motifs is 3. The summed E-state index contributed by atoms with van der Waals surface area (Å²) in [6.07, 6.45) is 0. The van der Waals surface area contributed by atoms with Crippen LogP contribution in [0.3, 0.4) is 0 Å². The summed E-state index contributed by atoms with van der Waals surface area (Å²) in [6.45, 7) is 0. The predicted octanol–water partition coefficient (Wildman–Crippen LogP) is 16.1. The van der Waals surface area contributed by atoms with Gasteiger partial charge in [-0.15, -0.1) is 11.3 Å². The summed E-state index contributed by atoms with van der Waals surface area (Å²) < 4.78 is 2.45. The number of thiophene rings is 1. The fourth-order valence-corrected chi connectivity index (χ4v) is 9.13.